The zero-order valence-electron chi connectivity index (χ0n) is 28.7. The third kappa shape index (κ3) is 5.29. The van der Waals surface area contributed by atoms with Gasteiger partial charge in [-0.15, -0.1) is 11.3 Å². The molecule has 0 aliphatic carbocycles. The van der Waals surface area contributed by atoms with Crippen LogP contribution in [0.25, 0.3) is 87.4 Å². The first-order chi connectivity index (χ1) is 26.7. The van der Waals surface area contributed by atoms with E-state index in [9.17, 15) is 0 Å². The van der Waals surface area contributed by atoms with Gasteiger partial charge in [0, 0.05) is 33.8 Å². The van der Waals surface area contributed by atoms with Crippen molar-refractivity contribution in [2.75, 3.05) is 4.90 Å². The molecule has 0 saturated heterocycles. The predicted molar refractivity (Wildman–Crippen MR) is 221 cm³/mol. The third-order valence-corrected chi connectivity index (χ3v) is 11.0. The van der Waals surface area contributed by atoms with E-state index in [1.165, 1.54) is 15.5 Å². The molecule has 6 nitrogen and oxygen atoms in total. The first-order valence-corrected chi connectivity index (χ1v) is 18.6. The molecular formula is C47H28N4O2S. The Morgan fingerprint density at radius 3 is 1.48 bits per heavy atom. The van der Waals surface area contributed by atoms with Gasteiger partial charge in [-0.3, -0.25) is 0 Å². The summed E-state index contributed by atoms with van der Waals surface area (Å²) in [7, 11) is 0. The van der Waals surface area contributed by atoms with Crippen molar-refractivity contribution in [3.63, 3.8) is 0 Å². The van der Waals surface area contributed by atoms with E-state index < -0.39 is 0 Å². The summed E-state index contributed by atoms with van der Waals surface area (Å²) < 4.78 is 13.5. The lowest BCUT2D eigenvalue weighted by molar-refractivity contribution is 0.619. The fraction of sp³-hybridized carbons (Fsp3) is 0. The van der Waals surface area contributed by atoms with E-state index in [1.807, 2.05) is 36.4 Å². The molecule has 0 aliphatic rings. The Balaban J connectivity index is 0.961. The van der Waals surface area contributed by atoms with Gasteiger partial charge < -0.3 is 13.7 Å². The van der Waals surface area contributed by atoms with Crippen LogP contribution in [-0.4, -0.2) is 15.0 Å². The van der Waals surface area contributed by atoms with E-state index in [1.54, 1.807) is 11.3 Å². The Labute approximate surface area is 313 Å². The number of anilines is 3. The standard InChI is InChI=1S/C47H28N4O2S/c1-3-9-34-27-43-40(25-32(34)7-1)49-46(53-43)30-15-21-37(22-16-30)51(36-19-13-29(14-20-36)45-48-39-11-5-6-12-42(39)52-45)38-23-17-31(18-24-38)47-50-41-26-33-8-2-4-10-35(33)28-44(41)54-47/h1-28H. The first kappa shape index (κ1) is 30.5. The van der Waals surface area contributed by atoms with Gasteiger partial charge in [-0.2, -0.15) is 0 Å². The van der Waals surface area contributed by atoms with Crippen LogP contribution in [0.15, 0.2) is 179 Å². The topological polar surface area (TPSA) is 68.2 Å². The zero-order valence-corrected chi connectivity index (χ0v) is 29.5. The minimum Gasteiger partial charge on any atom is -0.436 e. The summed E-state index contributed by atoms with van der Waals surface area (Å²) in [4.78, 5) is 16.8. The van der Waals surface area contributed by atoms with Crippen molar-refractivity contribution in [1.82, 2.24) is 15.0 Å². The maximum absolute atomic E-state index is 6.26. The highest BCUT2D eigenvalue weighted by Gasteiger charge is 2.17. The smallest absolute Gasteiger partial charge is 0.227 e. The maximum atomic E-state index is 6.26. The number of aromatic nitrogens is 3. The van der Waals surface area contributed by atoms with E-state index in [2.05, 4.69) is 138 Å². The number of benzene rings is 8. The van der Waals surface area contributed by atoms with Gasteiger partial charge in [-0.05, 0) is 131 Å². The maximum Gasteiger partial charge on any atom is 0.227 e. The Bertz CT molecular complexity index is 2870. The molecular weight excluding hydrogens is 685 g/mol. The van der Waals surface area contributed by atoms with E-state index in [0.29, 0.717) is 11.8 Å². The van der Waals surface area contributed by atoms with Gasteiger partial charge in [0.1, 0.15) is 16.0 Å². The van der Waals surface area contributed by atoms with Crippen molar-refractivity contribution in [3.8, 4) is 33.5 Å². The van der Waals surface area contributed by atoms with Crippen molar-refractivity contribution >= 4 is 82.4 Å². The summed E-state index contributed by atoms with van der Waals surface area (Å²) in [6.45, 7) is 0. The summed E-state index contributed by atoms with van der Waals surface area (Å²) in [5.41, 5.74) is 10.1. The molecule has 0 spiro atoms. The van der Waals surface area contributed by atoms with E-state index >= 15 is 0 Å². The van der Waals surface area contributed by atoms with Crippen LogP contribution in [0.5, 0.6) is 0 Å². The summed E-state index contributed by atoms with van der Waals surface area (Å²) >= 11 is 1.72. The molecule has 7 heteroatoms. The lowest BCUT2D eigenvalue weighted by Gasteiger charge is -2.26. The Morgan fingerprint density at radius 2 is 0.870 bits per heavy atom. The predicted octanol–water partition coefficient (Wildman–Crippen LogP) is 13.4. The van der Waals surface area contributed by atoms with Crippen molar-refractivity contribution in [1.29, 1.82) is 0 Å². The molecule has 254 valence electrons. The van der Waals surface area contributed by atoms with Crippen LogP contribution in [0.4, 0.5) is 17.1 Å². The van der Waals surface area contributed by atoms with Crippen LogP contribution in [0.2, 0.25) is 0 Å². The molecule has 11 rings (SSSR count). The molecule has 0 unspecified atom stereocenters. The number of rotatable bonds is 6. The number of hydrogen-bond donors (Lipinski definition) is 0. The first-order valence-electron chi connectivity index (χ1n) is 17.7. The van der Waals surface area contributed by atoms with Gasteiger partial charge in [0.05, 0.1) is 10.2 Å². The number of fused-ring (bicyclic) bond motifs is 5. The largest absolute Gasteiger partial charge is 0.436 e. The Hall–Kier alpha value is -7.09. The number of hydrogen-bond acceptors (Lipinski definition) is 7. The second-order valence-corrected chi connectivity index (χ2v) is 14.4. The molecule has 0 saturated carbocycles. The summed E-state index contributed by atoms with van der Waals surface area (Å²) in [5, 5.41) is 5.69. The minimum atomic E-state index is 0.592. The molecule has 11 aromatic rings. The SMILES string of the molecule is c1ccc2cc3oc(-c4ccc(N(c5ccc(-c6nc7ccccc7o6)cc5)c5ccc(-c6nc7cc8ccccc8cc7s6)cc5)cc4)nc3cc2c1. The van der Waals surface area contributed by atoms with Crippen LogP contribution in [-0.2, 0) is 0 Å². The minimum absolute atomic E-state index is 0.592. The van der Waals surface area contributed by atoms with Crippen molar-refractivity contribution in [2.24, 2.45) is 0 Å². The molecule has 0 atom stereocenters. The highest BCUT2D eigenvalue weighted by molar-refractivity contribution is 7.21. The fourth-order valence-electron chi connectivity index (χ4n) is 7.17. The van der Waals surface area contributed by atoms with E-state index in [0.717, 1.165) is 77.2 Å². The second-order valence-electron chi connectivity index (χ2n) is 13.3. The zero-order chi connectivity index (χ0) is 35.6. The summed E-state index contributed by atoms with van der Waals surface area (Å²) in [5.74, 6) is 1.19. The number of oxazole rings is 2. The van der Waals surface area contributed by atoms with Gasteiger partial charge in [0.15, 0.2) is 11.2 Å². The average molecular weight is 713 g/mol. The lowest BCUT2D eigenvalue weighted by Crippen LogP contribution is -2.09. The molecule has 8 aromatic carbocycles. The Kier molecular flexibility index (Phi) is 6.93. The quantitative estimate of drug-likeness (QED) is 0.171. The Morgan fingerprint density at radius 1 is 0.389 bits per heavy atom. The molecule has 0 amide bonds. The normalized spacial score (nSPS) is 11.7. The molecule has 3 heterocycles. The second kappa shape index (κ2) is 12.3. The third-order valence-electron chi connectivity index (χ3n) is 9.92. The lowest BCUT2D eigenvalue weighted by atomic mass is 10.1. The monoisotopic (exact) mass is 712 g/mol. The molecule has 0 bridgehead atoms. The number of para-hydroxylation sites is 2. The highest BCUT2D eigenvalue weighted by Crippen LogP contribution is 2.39. The van der Waals surface area contributed by atoms with Gasteiger partial charge in [0.25, 0.3) is 0 Å². The molecule has 0 radical (unpaired) electrons. The molecule has 0 fully saturated rings. The van der Waals surface area contributed by atoms with Crippen molar-refractivity contribution < 1.29 is 8.83 Å². The van der Waals surface area contributed by atoms with Crippen molar-refractivity contribution in [3.05, 3.63) is 170 Å². The summed E-state index contributed by atoms with van der Waals surface area (Å²) in [6, 6.07) is 58.4. The van der Waals surface area contributed by atoms with Crippen molar-refractivity contribution in [2.45, 2.75) is 0 Å². The van der Waals surface area contributed by atoms with Crippen LogP contribution >= 0.6 is 11.3 Å². The van der Waals surface area contributed by atoms with Crippen LogP contribution in [0.1, 0.15) is 0 Å². The van der Waals surface area contributed by atoms with Gasteiger partial charge in [0.2, 0.25) is 11.8 Å². The number of thiazole rings is 1. The summed E-state index contributed by atoms with van der Waals surface area (Å²) in [6.07, 6.45) is 0. The molecule has 0 N–H and O–H groups in total. The van der Waals surface area contributed by atoms with Gasteiger partial charge in [-0.1, -0.05) is 60.7 Å². The van der Waals surface area contributed by atoms with Crippen LogP contribution in [0, 0.1) is 0 Å². The van der Waals surface area contributed by atoms with E-state index in [4.69, 9.17) is 23.8 Å². The molecule has 54 heavy (non-hydrogen) atoms. The molecule has 3 aromatic heterocycles. The van der Waals surface area contributed by atoms with Crippen LogP contribution < -0.4 is 4.90 Å². The van der Waals surface area contributed by atoms with Crippen LogP contribution in [0.3, 0.4) is 0 Å². The van der Waals surface area contributed by atoms with E-state index in [-0.39, 0.29) is 0 Å². The van der Waals surface area contributed by atoms with Gasteiger partial charge >= 0.3 is 0 Å². The highest BCUT2D eigenvalue weighted by atomic mass is 32.1. The molecule has 0 aliphatic heterocycles. The number of nitrogens with zero attached hydrogens (tertiary/aromatic N) is 4. The average Bonchev–Trinajstić information content (AvgIpc) is 3.97. The fourth-order valence-corrected chi connectivity index (χ4v) is 8.18. The van der Waals surface area contributed by atoms with Gasteiger partial charge in [-0.25, -0.2) is 15.0 Å².